The van der Waals surface area contributed by atoms with Crippen molar-refractivity contribution in [2.75, 3.05) is 0 Å². The molecule has 1 fully saturated rings. The largest absolute Gasteiger partial charge is 0.372 e. The third kappa shape index (κ3) is 4.99. The molecule has 0 saturated heterocycles. The van der Waals surface area contributed by atoms with Gasteiger partial charge in [0.25, 0.3) is 0 Å². The van der Waals surface area contributed by atoms with Crippen molar-refractivity contribution in [3.8, 4) is 0 Å². The average Bonchev–Trinajstić information content (AvgIpc) is 3.80. The summed E-state index contributed by atoms with van der Waals surface area (Å²) in [7, 11) is 0. The van der Waals surface area contributed by atoms with Crippen LogP contribution in [0.15, 0.2) is 162 Å². The van der Waals surface area contributed by atoms with Gasteiger partial charge >= 0.3 is 0 Å². The van der Waals surface area contributed by atoms with E-state index in [1.54, 1.807) is 11.3 Å². The van der Waals surface area contributed by atoms with Gasteiger partial charge in [0, 0.05) is 96.7 Å². The average molecular weight is 679 g/mol. The number of thiophene rings is 1. The van der Waals surface area contributed by atoms with Crippen molar-refractivity contribution in [3.05, 3.63) is 194 Å². The molecule has 3 aliphatic heterocycles. The molecule has 1 saturated carbocycles. The van der Waals surface area contributed by atoms with E-state index >= 15 is 0 Å². The molecule has 4 atom stereocenters. The molecule has 5 aromatic rings. The maximum Gasteiger partial charge on any atom is 0.0805 e. The first-order chi connectivity index (χ1) is 25.0. The summed E-state index contributed by atoms with van der Waals surface area (Å²) in [6.45, 7) is 4.63. The molecule has 3 unspecified atom stereocenters. The van der Waals surface area contributed by atoms with Gasteiger partial charge in [-0.15, -0.1) is 11.3 Å². The fourth-order valence-corrected chi connectivity index (χ4v) is 9.39. The number of hydrogen-bond acceptors (Lipinski definition) is 6. The van der Waals surface area contributed by atoms with Gasteiger partial charge in [0.2, 0.25) is 0 Å². The lowest BCUT2D eigenvalue weighted by atomic mass is 9.88. The molecule has 5 aliphatic rings. The van der Waals surface area contributed by atoms with Gasteiger partial charge in [0.1, 0.15) is 0 Å². The number of H-pyrrole nitrogens is 1. The highest BCUT2D eigenvalue weighted by Crippen LogP contribution is 2.52. The van der Waals surface area contributed by atoms with E-state index in [4.69, 9.17) is 4.99 Å². The van der Waals surface area contributed by atoms with Gasteiger partial charge in [-0.3, -0.25) is 15.0 Å². The van der Waals surface area contributed by atoms with Crippen molar-refractivity contribution >= 4 is 39.3 Å². The van der Waals surface area contributed by atoms with Crippen molar-refractivity contribution in [2.24, 2.45) is 22.7 Å². The van der Waals surface area contributed by atoms with Crippen LogP contribution in [0, 0.1) is 17.8 Å². The molecule has 5 aromatic heterocycles. The van der Waals surface area contributed by atoms with E-state index in [1.807, 2.05) is 49.3 Å². The van der Waals surface area contributed by atoms with E-state index in [-0.39, 0.29) is 0 Å². The third-order valence-electron chi connectivity index (χ3n) is 10.8. The van der Waals surface area contributed by atoms with Crippen LogP contribution in [0.1, 0.15) is 41.9 Å². The molecule has 246 valence electrons. The minimum atomic E-state index is -0.513. The second-order valence-electron chi connectivity index (χ2n) is 14.0. The molecule has 0 amide bonds. The Labute approximate surface area is 300 Å². The Morgan fingerprint density at radius 1 is 0.686 bits per heavy atom. The number of aromatic nitrogens is 4. The molecule has 0 radical (unpaired) electrons. The highest BCUT2D eigenvalue weighted by atomic mass is 32.1. The highest BCUT2D eigenvalue weighted by molar-refractivity contribution is 7.08. The molecule has 51 heavy (non-hydrogen) atoms. The predicted octanol–water partition coefficient (Wildman–Crippen LogP) is 7.15. The predicted molar refractivity (Wildman–Crippen MR) is 206 cm³/mol. The summed E-state index contributed by atoms with van der Waals surface area (Å²) in [4.78, 5) is 22.7. The van der Waals surface area contributed by atoms with E-state index in [2.05, 4.69) is 130 Å². The molecular weight excluding hydrogens is 645 g/mol. The van der Waals surface area contributed by atoms with E-state index in [1.165, 1.54) is 15.7 Å². The summed E-state index contributed by atoms with van der Waals surface area (Å²) in [5.74, 6) is 1.88. The summed E-state index contributed by atoms with van der Waals surface area (Å²) < 4.78 is 2.29. The first kappa shape index (κ1) is 29.9. The summed E-state index contributed by atoms with van der Waals surface area (Å²) in [6.07, 6.45) is 27.3. The lowest BCUT2D eigenvalue weighted by molar-refractivity contribution is 0.645. The van der Waals surface area contributed by atoms with Crippen molar-refractivity contribution in [1.82, 2.24) is 25.3 Å². The standard InChI is InChI=1S/C44H34N6S/c1-26-31-8-7-28(23-32(26)31)41-35-10-9-33(48-35)40(27-16-21-45-22-17-27)34-11-12-36(49-34)42(29-5-3-19-46-24-29)38-13-14-39(51-38)43(30-6-4-20-47-25-30)44(2)18-15-37(41)50-44/h3-26,31-32,48,50H,1-2H3/b40-34-,41-37-,42-38-,43-39-/t26-,31?,32?,44?/m1/s1. The number of nitrogens with one attached hydrogen (secondary N) is 2. The van der Waals surface area contributed by atoms with Crippen LogP contribution in [-0.2, 0) is 0 Å². The number of rotatable bonds is 4. The van der Waals surface area contributed by atoms with E-state index in [0.29, 0.717) is 17.8 Å². The Bertz CT molecular complexity index is 2580. The van der Waals surface area contributed by atoms with Crippen molar-refractivity contribution in [3.63, 3.8) is 0 Å². The van der Waals surface area contributed by atoms with Gasteiger partial charge in [0.15, 0.2) is 0 Å². The fourth-order valence-electron chi connectivity index (χ4n) is 8.13. The van der Waals surface area contributed by atoms with Crippen LogP contribution in [0.5, 0.6) is 0 Å². The Balaban J connectivity index is 1.30. The fraction of sp³-hybridized carbons (Fsp3) is 0.136. The number of pyridine rings is 3. The Morgan fingerprint density at radius 2 is 1.45 bits per heavy atom. The lowest BCUT2D eigenvalue weighted by Crippen LogP contribution is -2.40. The lowest BCUT2D eigenvalue weighted by Gasteiger charge is -2.29. The first-order valence-corrected chi connectivity index (χ1v) is 18.3. The zero-order valence-electron chi connectivity index (χ0n) is 28.2. The summed E-state index contributed by atoms with van der Waals surface area (Å²) >= 11 is 1.78. The molecule has 2 aliphatic carbocycles. The molecule has 0 aromatic carbocycles. The molecule has 0 spiro atoms. The first-order valence-electron chi connectivity index (χ1n) is 17.4. The Hall–Kier alpha value is -5.92. The number of fused-ring (bicyclic) bond motifs is 8. The van der Waals surface area contributed by atoms with Crippen LogP contribution in [0.4, 0.5) is 0 Å². The zero-order valence-corrected chi connectivity index (χ0v) is 29.0. The van der Waals surface area contributed by atoms with Gasteiger partial charge in [-0.05, 0) is 103 Å². The van der Waals surface area contributed by atoms with E-state index < -0.39 is 5.54 Å². The normalized spacial score (nSPS) is 29.4. The number of hydrogen-bond donors (Lipinski definition) is 2. The van der Waals surface area contributed by atoms with E-state index in [0.717, 1.165) is 66.4 Å². The molecule has 8 bridgehead atoms. The van der Waals surface area contributed by atoms with Gasteiger partial charge < -0.3 is 10.3 Å². The quantitative estimate of drug-likeness (QED) is 0.212. The second kappa shape index (κ2) is 11.6. The van der Waals surface area contributed by atoms with Crippen LogP contribution in [-0.4, -0.2) is 31.2 Å². The molecule has 2 N–H and O–H groups in total. The SMILES string of the molecule is C[C@@H]1C2C=CC(/C3=C4\C=CC(C)(N4)/C(c4cccnc4)=c4/cc/c(s4)=C(\c4cccnc4)C4=N/C(=C(/c5ccncc5)c5ccc3[nH]5)C=C4)=CC21. The van der Waals surface area contributed by atoms with Gasteiger partial charge in [-0.2, -0.15) is 0 Å². The van der Waals surface area contributed by atoms with Crippen LogP contribution >= 0.6 is 11.3 Å². The van der Waals surface area contributed by atoms with Crippen molar-refractivity contribution < 1.29 is 0 Å². The van der Waals surface area contributed by atoms with Crippen molar-refractivity contribution in [2.45, 2.75) is 19.4 Å². The van der Waals surface area contributed by atoms with Gasteiger partial charge in [-0.25, -0.2) is 4.99 Å². The van der Waals surface area contributed by atoms with Crippen LogP contribution < -0.4 is 14.4 Å². The number of aliphatic imine (C=N–C) groups is 1. The maximum absolute atomic E-state index is 5.37. The van der Waals surface area contributed by atoms with Gasteiger partial charge in [0.05, 0.1) is 16.9 Å². The number of nitrogens with zero attached hydrogens (tertiary/aromatic N) is 4. The minimum absolute atomic E-state index is 0.513. The van der Waals surface area contributed by atoms with Gasteiger partial charge in [-0.1, -0.05) is 43.4 Å². The minimum Gasteiger partial charge on any atom is -0.372 e. The molecule has 6 nitrogen and oxygen atoms in total. The van der Waals surface area contributed by atoms with E-state index in [9.17, 15) is 0 Å². The van der Waals surface area contributed by atoms with Crippen LogP contribution in [0.3, 0.4) is 0 Å². The molecule has 10 rings (SSSR count). The summed E-state index contributed by atoms with van der Waals surface area (Å²) in [6, 6.07) is 21.3. The number of allylic oxidation sites excluding steroid dienone is 8. The third-order valence-corrected chi connectivity index (χ3v) is 11.9. The highest BCUT2D eigenvalue weighted by Gasteiger charge is 2.45. The molecular formula is C44H34N6S. The van der Waals surface area contributed by atoms with Crippen LogP contribution in [0.2, 0.25) is 0 Å². The summed E-state index contributed by atoms with van der Waals surface area (Å²) in [5.41, 5.74) is 13.2. The Kier molecular flexibility index (Phi) is 6.80. The topological polar surface area (TPSA) is 78.8 Å². The maximum atomic E-state index is 5.37. The molecule has 8 heterocycles. The monoisotopic (exact) mass is 678 g/mol. The second-order valence-corrected chi connectivity index (χ2v) is 15.0. The zero-order chi connectivity index (χ0) is 34.1. The Morgan fingerprint density at radius 3 is 2.22 bits per heavy atom. The van der Waals surface area contributed by atoms with Crippen LogP contribution in [0.25, 0.3) is 22.3 Å². The summed E-state index contributed by atoms with van der Waals surface area (Å²) in [5, 5.41) is 4.04. The number of aromatic amines is 1. The molecule has 7 heteroatoms. The van der Waals surface area contributed by atoms with Crippen molar-refractivity contribution in [1.29, 1.82) is 0 Å². The smallest absolute Gasteiger partial charge is 0.0805 e.